The molecule has 0 radical (unpaired) electrons. The van der Waals surface area contributed by atoms with Crippen molar-refractivity contribution in [2.24, 2.45) is 5.73 Å². The third-order valence-corrected chi connectivity index (χ3v) is 5.39. The van der Waals surface area contributed by atoms with E-state index >= 15 is 0 Å². The van der Waals surface area contributed by atoms with Crippen LogP contribution in [0.5, 0.6) is 0 Å². The smallest absolute Gasteiger partial charge is 0.354 e. The van der Waals surface area contributed by atoms with E-state index in [4.69, 9.17) is 5.73 Å². The molecule has 1 aromatic carbocycles. The van der Waals surface area contributed by atoms with E-state index in [1.807, 2.05) is 4.90 Å². The number of aromatic amines is 1. The highest BCUT2D eigenvalue weighted by molar-refractivity contribution is 5.94. The number of rotatable bonds is 4. The van der Waals surface area contributed by atoms with Crippen molar-refractivity contribution in [2.45, 2.75) is 18.1 Å². The maximum atomic E-state index is 13.5. The van der Waals surface area contributed by atoms with Crippen LogP contribution in [0.1, 0.15) is 27.9 Å². The van der Waals surface area contributed by atoms with Crippen LogP contribution in [0.15, 0.2) is 30.7 Å². The lowest BCUT2D eigenvalue weighted by atomic mass is 10.00. The topological polar surface area (TPSA) is 124 Å². The summed E-state index contributed by atoms with van der Waals surface area (Å²) in [7, 11) is 0. The molecule has 3 aromatic rings. The molecule has 0 saturated carbocycles. The molecule has 3 heterocycles. The van der Waals surface area contributed by atoms with Crippen molar-refractivity contribution in [1.82, 2.24) is 20.3 Å². The van der Waals surface area contributed by atoms with Crippen molar-refractivity contribution in [3.63, 3.8) is 0 Å². The molecular weight excluding hydrogens is 430 g/mol. The lowest BCUT2D eigenvalue weighted by Gasteiger charge is -2.25. The van der Waals surface area contributed by atoms with Crippen molar-refractivity contribution in [2.75, 3.05) is 24.5 Å². The summed E-state index contributed by atoms with van der Waals surface area (Å²) < 4.78 is 52.2. The molecule has 8 nitrogen and oxygen atoms in total. The monoisotopic (exact) mass is 447 g/mol. The Morgan fingerprint density at radius 3 is 2.88 bits per heavy atom. The second-order valence-corrected chi connectivity index (χ2v) is 7.64. The number of benzene rings is 1. The zero-order chi connectivity index (χ0) is 23.1. The Bertz CT molecular complexity index is 1230. The molecule has 1 amide bonds. The molecule has 1 aliphatic rings. The molecule has 0 unspecified atom stereocenters. The van der Waals surface area contributed by atoms with Crippen LogP contribution in [-0.4, -0.2) is 46.0 Å². The van der Waals surface area contributed by atoms with Crippen molar-refractivity contribution < 1.29 is 22.4 Å². The number of H-pyrrole nitrogens is 1. The first-order valence-corrected chi connectivity index (χ1v) is 9.52. The number of alkyl halides is 3. The van der Waals surface area contributed by atoms with Crippen LogP contribution >= 0.6 is 0 Å². The van der Waals surface area contributed by atoms with Gasteiger partial charge >= 0.3 is 6.18 Å². The average molecular weight is 447 g/mol. The number of carbonyl (C=O) groups excluding carboxylic acids is 1. The van der Waals surface area contributed by atoms with Crippen LogP contribution in [0, 0.1) is 17.1 Å². The van der Waals surface area contributed by atoms with E-state index in [1.54, 1.807) is 0 Å². The molecular formula is C20H17F4N7O. The van der Waals surface area contributed by atoms with Crippen LogP contribution in [0.4, 0.5) is 23.4 Å². The quantitative estimate of drug-likeness (QED) is 0.528. The summed E-state index contributed by atoms with van der Waals surface area (Å²) in [6.45, 7) is 0.753. The zero-order valence-electron chi connectivity index (χ0n) is 16.5. The van der Waals surface area contributed by atoms with Crippen molar-refractivity contribution in [3.05, 3.63) is 53.2 Å². The largest absolute Gasteiger partial charge is 0.419 e. The maximum absolute atomic E-state index is 13.5. The highest BCUT2D eigenvalue weighted by Gasteiger charge is 2.37. The van der Waals surface area contributed by atoms with Gasteiger partial charge in [0.15, 0.2) is 0 Å². The normalized spacial score (nSPS) is 18.7. The third kappa shape index (κ3) is 3.94. The van der Waals surface area contributed by atoms with Gasteiger partial charge in [0.05, 0.1) is 22.1 Å². The number of aromatic nitrogens is 3. The minimum Gasteiger partial charge on any atom is -0.354 e. The first-order chi connectivity index (χ1) is 15.1. The van der Waals surface area contributed by atoms with Gasteiger partial charge in [0.25, 0.3) is 5.91 Å². The maximum Gasteiger partial charge on any atom is 0.419 e. The minimum atomic E-state index is -4.91. The second-order valence-electron chi connectivity index (χ2n) is 7.64. The SMILES string of the molecule is N#Cc1c[nH]c2ncnc(N3CC[C@](N)(CNC(=O)c4ccc(F)c(C(F)(F)F)c4)C3)c12. The molecule has 1 atom stereocenters. The fourth-order valence-corrected chi connectivity index (χ4v) is 3.74. The van der Waals surface area contributed by atoms with Crippen LogP contribution in [-0.2, 0) is 6.18 Å². The average Bonchev–Trinajstić information content (AvgIpc) is 3.35. The number of hydrogen-bond donors (Lipinski definition) is 3. The fourth-order valence-electron chi connectivity index (χ4n) is 3.74. The molecule has 32 heavy (non-hydrogen) atoms. The van der Waals surface area contributed by atoms with Gasteiger partial charge in [0.1, 0.15) is 29.7 Å². The Morgan fingerprint density at radius 1 is 1.38 bits per heavy atom. The number of hydrogen-bond acceptors (Lipinski definition) is 6. The molecule has 1 fully saturated rings. The number of nitrogens with zero attached hydrogens (tertiary/aromatic N) is 4. The van der Waals surface area contributed by atoms with Gasteiger partial charge in [-0.3, -0.25) is 4.79 Å². The molecule has 0 bridgehead atoms. The van der Waals surface area contributed by atoms with E-state index in [9.17, 15) is 27.6 Å². The van der Waals surface area contributed by atoms with E-state index < -0.39 is 29.0 Å². The molecule has 0 aliphatic carbocycles. The summed E-state index contributed by atoms with van der Waals surface area (Å²) in [4.78, 5) is 25.5. The van der Waals surface area contributed by atoms with Gasteiger partial charge in [0.2, 0.25) is 0 Å². The van der Waals surface area contributed by atoms with Gasteiger partial charge in [-0.25, -0.2) is 14.4 Å². The van der Waals surface area contributed by atoms with Gasteiger partial charge in [-0.2, -0.15) is 18.4 Å². The van der Waals surface area contributed by atoms with Crippen LogP contribution in [0.3, 0.4) is 0 Å². The molecule has 1 saturated heterocycles. The van der Waals surface area contributed by atoms with Crippen molar-refractivity contribution >= 4 is 22.8 Å². The van der Waals surface area contributed by atoms with Gasteiger partial charge in [-0.1, -0.05) is 0 Å². The molecule has 4 N–H and O–H groups in total. The first kappa shape index (κ1) is 21.5. The zero-order valence-corrected chi connectivity index (χ0v) is 16.5. The highest BCUT2D eigenvalue weighted by atomic mass is 19.4. The Kier molecular flexibility index (Phi) is 5.21. The summed E-state index contributed by atoms with van der Waals surface area (Å²) >= 11 is 0. The van der Waals surface area contributed by atoms with E-state index in [2.05, 4.69) is 26.3 Å². The Balaban J connectivity index is 1.48. The fraction of sp³-hybridized carbons (Fsp3) is 0.300. The van der Waals surface area contributed by atoms with Gasteiger partial charge < -0.3 is 20.9 Å². The molecule has 166 valence electrons. The minimum absolute atomic E-state index is 0.0203. The highest BCUT2D eigenvalue weighted by Crippen LogP contribution is 2.32. The number of carbonyl (C=O) groups is 1. The summed E-state index contributed by atoms with van der Waals surface area (Å²) in [6.07, 6.45) is -1.56. The summed E-state index contributed by atoms with van der Waals surface area (Å²) in [5.74, 6) is -1.71. The van der Waals surface area contributed by atoms with Crippen molar-refractivity contribution in [1.29, 1.82) is 5.26 Å². The number of halogens is 4. The number of nitrogens with one attached hydrogen (secondary N) is 2. The van der Waals surface area contributed by atoms with Gasteiger partial charge in [-0.05, 0) is 24.6 Å². The van der Waals surface area contributed by atoms with Crippen LogP contribution in [0.2, 0.25) is 0 Å². The molecule has 12 heteroatoms. The van der Waals surface area contributed by atoms with E-state index in [1.165, 1.54) is 12.5 Å². The Morgan fingerprint density at radius 2 is 2.16 bits per heavy atom. The summed E-state index contributed by atoms with van der Waals surface area (Å²) in [5.41, 5.74) is 4.59. The lowest BCUT2D eigenvalue weighted by Crippen LogP contribution is -2.52. The standard InChI is InChI=1S/C20H17F4N7O/c21-14-2-1-11(5-13(14)20(22,23)24)18(32)28-8-19(26)3-4-31(9-19)17-15-12(6-25)7-27-16(15)29-10-30-17/h1-2,5,7,10H,3-4,8-9,26H2,(H,28,32)(H,27,29,30)/t19-/m0/s1. The second kappa shape index (κ2) is 7.76. The van der Waals surface area contributed by atoms with E-state index in [-0.39, 0.29) is 18.7 Å². The Labute approximate surface area is 179 Å². The third-order valence-electron chi connectivity index (χ3n) is 5.39. The first-order valence-electron chi connectivity index (χ1n) is 9.52. The predicted octanol–water partition coefficient (Wildman–Crippen LogP) is 2.33. The lowest BCUT2D eigenvalue weighted by molar-refractivity contribution is -0.140. The molecule has 4 rings (SSSR count). The summed E-state index contributed by atoms with van der Waals surface area (Å²) in [6, 6.07) is 4.14. The number of nitrogens with two attached hydrogens (primary N) is 1. The summed E-state index contributed by atoms with van der Waals surface area (Å²) in [5, 5.41) is 12.4. The van der Waals surface area contributed by atoms with Crippen LogP contribution < -0.4 is 16.0 Å². The van der Waals surface area contributed by atoms with Gasteiger partial charge in [0, 0.05) is 31.4 Å². The molecule has 2 aromatic heterocycles. The number of fused-ring (bicyclic) bond motifs is 1. The molecule has 0 spiro atoms. The predicted molar refractivity (Wildman–Crippen MR) is 106 cm³/mol. The molecule has 1 aliphatic heterocycles. The number of anilines is 1. The number of amides is 1. The van der Waals surface area contributed by atoms with Crippen LogP contribution in [0.25, 0.3) is 11.0 Å². The van der Waals surface area contributed by atoms with Gasteiger partial charge in [-0.15, -0.1) is 0 Å². The Hall–Kier alpha value is -3.72. The van der Waals surface area contributed by atoms with E-state index in [0.717, 1.165) is 6.07 Å². The van der Waals surface area contributed by atoms with E-state index in [0.29, 0.717) is 47.5 Å². The number of nitriles is 1. The van der Waals surface area contributed by atoms with Crippen molar-refractivity contribution in [3.8, 4) is 6.07 Å².